The Bertz CT molecular complexity index is 911. The van der Waals surface area contributed by atoms with Gasteiger partial charge in [0.15, 0.2) is 0 Å². The number of hydrogen-bond donors (Lipinski definition) is 0. The summed E-state index contributed by atoms with van der Waals surface area (Å²) in [5, 5.41) is 0. The van der Waals surface area contributed by atoms with Crippen molar-refractivity contribution in [2.24, 2.45) is 0 Å². The van der Waals surface area contributed by atoms with Crippen LogP contribution in [-0.2, 0) is 4.74 Å². The molecule has 0 N–H and O–H groups in total. The summed E-state index contributed by atoms with van der Waals surface area (Å²) >= 11 is 0. The van der Waals surface area contributed by atoms with E-state index in [0.29, 0.717) is 18.7 Å². The van der Waals surface area contributed by atoms with E-state index in [9.17, 15) is 4.79 Å². The number of aromatic nitrogens is 2. The maximum atomic E-state index is 12.6. The second-order valence-corrected chi connectivity index (χ2v) is 6.08. The fourth-order valence-corrected chi connectivity index (χ4v) is 3.02. The lowest BCUT2D eigenvalue weighted by Gasteiger charge is -2.38. The second kappa shape index (κ2) is 6.22. The smallest absolute Gasteiger partial charge is 0.254 e. The predicted octanol–water partition coefficient (Wildman–Crippen LogP) is 2.50. The molecule has 25 heavy (non-hydrogen) atoms. The summed E-state index contributed by atoms with van der Waals surface area (Å²) in [6, 6.07) is 13.4. The fourth-order valence-electron chi connectivity index (χ4n) is 3.02. The highest BCUT2D eigenvalue weighted by Crippen LogP contribution is 2.23. The van der Waals surface area contributed by atoms with Gasteiger partial charge in [-0.15, -0.1) is 0 Å². The van der Waals surface area contributed by atoms with Crippen molar-refractivity contribution in [1.29, 1.82) is 0 Å². The van der Waals surface area contributed by atoms with Crippen molar-refractivity contribution in [3.8, 4) is 11.4 Å². The van der Waals surface area contributed by atoms with Gasteiger partial charge in [-0.2, -0.15) is 0 Å². The predicted molar refractivity (Wildman–Crippen MR) is 94.3 cm³/mol. The molecular formula is C19H19N3O3. The van der Waals surface area contributed by atoms with Gasteiger partial charge in [0.25, 0.3) is 5.91 Å². The van der Waals surface area contributed by atoms with Crippen LogP contribution < -0.4 is 4.74 Å². The van der Waals surface area contributed by atoms with Crippen LogP contribution in [0.1, 0.15) is 10.4 Å². The number of benzene rings is 2. The molecule has 2 aromatic carbocycles. The van der Waals surface area contributed by atoms with Crippen molar-refractivity contribution in [2.45, 2.75) is 6.10 Å². The number of hydrogen-bond acceptors (Lipinski definition) is 4. The van der Waals surface area contributed by atoms with E-state index in [1.165, 1.54) is 0 Å². The van der Waals surface area contributed by atoms with Crippen LogP contribution in [0.3, 0.4) is 0 Å². The molecule has 0 aliphatic carbocycles. The topological polar surface area (TPSA) is 56.6 Å². The summed E-state index contributed by atoms with van der Waals surface area (Å²) < 4.78 is 12.4. The minimum atomic E-state index is 0.0256. The third kappa shape index (κ3) is 2.74. The molecule has 128 valence electrons. The first-order valence-corrected chi connectivity index (χ1v) is 8.13. The molecule has 1 saturated heterocycles. The Hall–Kier alpha value is -2.86. The van der Waals surface area contributed by atoms with E-state index in [4.69, 9.17) is 9.47 Å². The minimum absolute atomic E-state index is 0.0256. The van der Waals surface area contributed by atoms with Gasteiger partial charge in [0, 0.05) is 31.5 Å². The van der Waals surface area contributed by atoms with Crippen LogP contribution in [-0.4, -0.2) is 53.8 Å². The van der Waals surface area contributed by atoms with E-state index in [0.717, 1.165) is 22.5 Å². The summed E-state index contributed by atoms with van der Waals surface area (Å²) in [5.41, 5.74) is 3.39. The molecule has 6 nitrogen and oxygen atoms in total. The number of imidazole rings is 1. The first-order valence-electron chi connectivity index (χ1n) is 8.13. The van der Waals surface area contributed by atoms with Crippen molar-refractivity contribution in [1.82, 2.24) is 14.5 Å². The van der Waals surface area contributed by atoms with E-state index < -0.39 is 0 Å². The van der Waals surface area contributed by atoms with Gasteiger partial charge in [-0.3, -0.25) is 9.36 Å². The van der Waals surface area contributed by atoms with Crippen LogP contribution in [0.25, 0.3) is 16.7 Å². The minimum Gasteiger partial charge on any atom is -0.497 e. The molecular weight excluding hydrogens is 318 g/mol. The molecule has 0 spiro atoms. The molecule has 2 heterocycles. The lowest BCUT2D eigenvalue weighted by molar-refractivity contribution is -0.0191. The Morgan fingerprint density at radius 1 is 1.12 bits per heavy atom. The largest absolute Gasteiger partial charge is 0.497 e. The van der Waals surface area contributed by atoms with Gasteiger partial charge in [0.05, 0.1) is 24.2 Å². The number of carbonyl (C=O) groups excluding carboxylic acids is 1. The van der Waals surface area contributed by atoms with Crippen LogP contribution in [0.5, 0.6) is 5.75 Å². The normalized spacial score (nSPS) is 14.6. The summed E-state index contributed by atoms with van der Waals surface area (Å²) in [6.45, 7) is 1.29. The lowest BCUT2D eigenvalue weighted by Crippen LogP contribution is -2.54. The van der Waals surface area contributed by atoms with Gasteiger partial charge in [-0.1, -0.05) is 0 Å². The molecule has 1 fully saturated rings. The number of carbonyl (C=O) groups is 1. The van der Waals surface area contributed by atoms with Gasteiger partial charge in [-0.05, 0) is 42.5 Å². The highest BCUT2D eigenvalue weighted by molar-refractivity contribution is 5.98. The first kappa shape index (κ1) is 15.7. The first-order chi connectivity index (χ1) is 12.2. The number of methoxy groups -OCH3 is 2. The van der Waals surface area contributed by atoms with E-state index in [-0.39, 0.29) is 12.0 Å². The molecule has 0 atom stereocenters. The summed E-state index contributed by atoms with van der Waals surface area (Å²) in [5.74, 6) is 0.826. The number of ether oxygens (including phenoxy) is 2. The zero-order valence-corrected chi connectivity index (χ0v) is 14.2. The van der Waals surface area contributed by atoms with Crippen molar-refractivity contribution < 1.29 is 14.3 Å². The summed E-state index contributed by atoms with van der Waals surface area (Å²) in [7, 11) is 3.31. The standard InChI is InChI=1S/C19H19N3O3/c1-24-15-6-4-14(5-7-15)22-12-20-17-8-3-13(9-18(17)22)19(23)21-10-16(11-21)25-2/h3-9,12,16H,10-11H2,1-2H3. The Labute approximate surface area is 145 Å². The van der Waals surface area contributed by atoms with Crippen LogP contribution in [0.2, 0.25) is 0 Å². The van der Waals surface area contributed by atoms with Gasteiger partial charge in [-0.25, -0.2) is 4.98 Å². The van der Waals surface area contributed by atoms with Crippen LogP contribution in [0, 0.1) is 0 Å². The fraction of sp³-hybridized carbons (Fsp3) is 0.263. The molecule has 1 amide bonds. The number of amides is 1. The monoisotopic (exact) mass is 337 g/mol. The van der Waals surface area contributed by atoms with Crippen molar-refractivity contribution in [3.05, 3.63) is 54.4 Å². The Balaban J connectivity index is 1.66. The molecule has 0 saturated carbocycles. The Morgan fingerprint density at radius 3 is 2.56 bits per heavy atom. The number of nitrogens with zero attached hydrogens (tertiary/aromatic N) is 3. The van der Waals surface area contributed by atoms with Crippen molar-refractivity contribution in [3.63, 3.8) is 0 Å². The second-order valence-electron chi connectivity index (χ2n) is 6.08. The molecule has 6 heteroatoms. The summed E-state index contributed by atoms with van der Waals surface area (Å²) in [6.07, 6.45) is 1.92. The average Bonchev–Trinajstić information content (AvgIpc) is 3.04. The van der Waals surface area contributed by atoms with Crippen molar-refractivity contribution >= 4 is 16.9 Å². The molecule has 0 unspecified atom stereocenters. The van der Waals surface area contributed by atoms with Gasteiger partial charge in [0.2, 0.25) is 0 Å². The number of rotatable bonds is 4. The average molecular weight is 337 g/mol. The molecule has 0 radical (unpaired) electrons. The van der Waals surface area contributed by atoms with Crippen LogP contribution in [0.15, 0.2) is 48.8 Å². The zero-order valence-electron chi connectivity index (χ0n) is 14.2. The van der Waals surface area contributed by atoms with E-state index in [2.05, 4.69) is 4.98 Å². The SMILES string of the molecule is COc1ccc(-n2cnc3ccc(C(=O)N4CC(OC)C4)cc32)cc1. The highest BCUT2D eigenvalue weighted by atomic mass is 16.5. The Morgan fingerprint density at radius 2 is 1.88 bits per heavy atom. The third-order valence-corrected chi connectivity index (χ3v) is 4.61. The highest BCUT2D eigenvalue weighted by Gasteiger charge is 2.31. The van der Waals surface area contributed by atoms with Gasteiger partial charge < -0.3 is 14.4 Å². The molecule has 1 aliphatic heterocycles. The lowest BCUT2D eigenvalue weighted by atomic mass is 10.1. The molecule has 4 rings (SSSR count). The molecule has 3 aromatic rings. The number of fused-ring (bicyclic) bond motifs is 1. The molecule has 1 aromatic heterocycles. The third-order valence-electron chi connectivity index (χ3n) is 4.61. The summed E-state index contributed by atoms with van der Waals surface area (Å²) in [4.78, 5) is 18.8. The van der Waals surface area contributed by atoms with Gasteiger partial charge in [0.1, 0.15) is 12.1 Å². The van der Waals surface area contributed by atoms with Crippen LogP contribution in [0.4, 0.5) is 0 Å². The maximum absolute atomic E-state index is 12.6. The number of likely N-dealkylation sites (tertiary alicyclic amines) is 1. The quantitative estimate of drug-likeness (QED) is 0.734. The van der Waals surface area contributed by atoms with Crippen molar-refractivity contribution in [2.75, 3.05) is 27.3 Å². The maximum Gasteiger partial charge on any atom is 0.254 e. The molecule has 0 bridgehead atoms. The zero-order chi connectivity index (χ0) is 17.4. The van der Waals surface area contributed by atoms with E-state index in [1.807, 2.05) is 47.0 Å². The van der Waals surface area contributed by atoms with Crippen LogP contribution >= 0.6 is 0 Å². The van der Waals surface area contributed by atoms with Gasteiger partial charge >= 0.3 is 0 Å². The van der Waals surface area contributed by atoms with E-state index in [1.54, 1.807) is 25.4 Å². The Kier molecular flexibility index (Phi) is 3.89. The van der Waals surface area contributed by atoms with E-state index >= 15 is 0 Å². The molecule has 1 aliphatic rings.